The normalized spacial score (nSPS) is 19.5. The highest BCUT2D eigenvalue weighted by molar-refractivity contribution is 6.11. The maximum atomic E-state index is 14.1. The number of urea groups is 1. The van der Waals surface area contributed by atoms with E-state index in [0.717, 1.165) is 47.4 Å². The molecule has 7 heteroatoms. The summed E-state index contributed by atoms with van der Waals surface area (Å²) in [5, 5.41) is 2.95. The first-order valence-electron chi connectivity index (χ1n) is 12.7. The zero-order valence-electron chi connectivity index (χ0n) is 21.2. The summed E-state index contributed by atoms with van der Waals surface area (Å²) in [6.07, 6.45) is 7.37. The van der Waals surface area contributed by atoms with E-state index >= 15 is 0 Å². The quantitative estimate of drug-likeness (QED) is 0.456. The first kappa shape index (κ1) is 24.6. The minimum atomic E-state index is -1.41. The third-order valence-electron chi connectivity index (χ3n) is 7.35. The third-order valence-corrected chi connectivity index (χ3v) is 7.35. The predicted molar refractivity (Wildman–Crippen MR) is 139 cm³/mol. The number of furan rings is 1. The lowest BCUT2D eigenvalue weighted by atomic mass is 9.81. The van der Waals surface area contributed by atoms with Crippen LogP contribution in [0.2, 0.25) is 0 Å². The summed E-state index contributed by atoms with van der Waals surface area (Å²) in [6, 6.07) is 18.0. The van der Waals surface area contributed by atoms with Crippen LogP contribution in [-0.2, 0) is 21.7 Å². The Bertz CT molecular complexity index is 1350. The third kappa shape index (κ3) is 4.57. The molecule has 1 aliphatic carbocycles. The Morgan fingerprint density at radius 1 is 1.00 bits per heavy atom. The van der Waals surface area contributed by atoms with Gasteiger partial charge in [0.2, 0.25) is 5.91 Å². The standard InChI is InChI=1S/C30H31N3O4/c1-21-15-16-24(18-22(21)2)30(23-10-5-3-6-11-23)28(35)33(29(36)31-30)20-27(34)32(19-26-14-9-17-37-26)25-12-7-4-8-13-25/h3,5-6,9-12,14-18H,4,7-8,13,19-20H2,1-2H3,(H,31,36)/t30-/m1/s1. The molecule has 7 nitrogen and oxygen atoms in total. The van der Waals surface area contributed by atoms with Gasteiger partial charge in [0.15, 0.2) is 5.54 Å². The number of nitrogens with one attached hydrogen (secondary N) is 1. The highest BCUT2D eigenvalue weighted by Crippen LogP contribution is 2.37. The molecule has 1 atom stereocenters. The van der Waals surface area contributed by atoms with Crippen LogP contribution in [0.25, 0.3) is 0 Å². The molecule has 1 fully saturated rings. The lowest BCUT2D eigenvalue weighted by molar-refractivity contribution is -0.138. The lowest BCUT2D eigenvalue weighted by Gasteiger charge is -2.30. The Morgan fingerprint density at radius 2 is 1.81 bits per heavy atom. The van der Waals surface area contributed by atoms with Crippen LogP contribution in [-0.4, -0.2) is 34.2 Å². The van der Waals surface area contributed by atoms with E-state index in [1.165, 1.54) is 0 Å². The van der Waals surface area contributed by atoms with Gasteiger partial charge in [0.05, 0.1) is 12.8 Å². The van der Waals surface area contributed by atoms with Crippen LogP contribution in [0.4, 0.5) is 4.79 Å². The number of benzene rings is 2. The van der Waals surface area contributed by atoms with E-state index in [0.29, 0.717) is 16.9 Å². The molecule has 0 bridgehead atoms. The largest absolute Gasteiger partial charge is 0.467 e. The fourth-order valence-corrected chi connectivity index (χ4v) is 5.14. The topological polar surface area (TPSA) is 82.9 Å². The number of amides is 4. The van der Waals surface area contributed by atoms with E-state index in [1.54, 1.807) is 17.2 Å². The zero-order chi connectivity index (χ0) is 26.0. The molecule has 1 aromatic heterocycles. The van der Waals surface area contributed by atoms with Gasteiger partial charge in [0.25, 0.3) is 5.91 Å². The summed E-state index contributed by atoms with van der Waals surface area (Å²) in [5.74, 6) is -0.140. The second kappa shape index (κ2) is 10.1. The number of imide groups is 1. The van der Waals surface area contributed by atoms with Gasteiger partial charge >= 0.3 is 6.03 Å². The van der Waals surface area contributed by atoms with Gasteiger partial charge in [-0.2, -0.15) is 0 Å². The van der Waals surface area contributed by atoms with Crippen molar-refractivity contribution in [3.8, 4) is 0 Å². The molecule has 190 valence electrons. The molecule has 1 N–H and O–H groups in total. The van der Waals surface area contributed by atoms with Crippen LogP contribution in [0.5, 0.6) is 0 Å². The van der Waals surface area contributed by atoms with Crippen molar-refractivity contribution >= 4 is 17.8 Å². The number of allylic oxidation sites excluding steroid dienone is 2. The maximum Gasteiger partial charge on any atom is 0.326 e. The average Bonchev–Trinajstić information content (AvgIpc) is 3.52. The van der Waals surface area contributed by atoms with E-state index < -0.39 is 17.5 Å². The van der Waals surface area contributed by atoms with Crippen molar-refractivity contribution in [1.29, 1.82) is 0 Å². The molecular formula is C30H31N3O4. The minimum absolute atomic E-state index is 0.252. The van der Waals surface area contributed by atoms with E-state index in [4.69, 9.17) is 4.42 Å². The Balaban J connectivity index is 1.49. The summed E-state index contributed by atoms with van der Waals surface area (Å²) >= 11 is 0. The molecule has 3 aromatic rings. The number of nitrogens with zero attached hydrogens (tertiary/aromatic N) is 2. The SMILES string of the molecule is Cc1ccc([C@@]2(c3ccccc3)NC(=O)N(CC(=O)N(Cc3ccco3)C3=CCCCC3)C2=O)cc1C. The fraction of sp³-hybridized carbons (Fsp3) is 0.300. The lowest BCUT2D eigenvalue weighted by Crippen LogP contribution is -2.46. The van der Waals surface area contributed by atoms with Crippen LogP contribution < -0.4 is 5.32 Å². The Morgan fingerprint density at radius 3 is 2.49 bits per heavy atom. The van der Waals surface area contributed by atoms with E-state index in [-0.39, 0.29) is 19.0 Å². The van der Waals surface area contributed by atoms with Gasteiger partial charge in [-0.15, -0.1) is 0 Å². The highest BCUT2D eigenvalue weighted by Gasteiger charge is 2.54. The highest BCUT2D eigenvalue weighted by atomic mass is 16.3. The molecule has 0 unspecified atom stereocenters. The molecule has 2 aromatic carbocycles. The van der Waals surface area contributed by atoms with Gasteiger partial charge < -0.3 is 14.6 Å². The smallest absolute Gasteiger partial charge is 0.326 e. The van der Waals surface area contributed by atoms with Gasteiger partial charge in [-0.3, -0.25) is 14.5 Å². The number of carbonyl (C=O) groups excluding carboxylic acids is 3. The van der Waals surface area contributed by atoms with Crippen molar-refractivity contribution in [3.63, 3.8) is 0 Å². The van der Waals surface area contributed by atoms with E-state index in [9.17, 15) is 14.4 Å². The second-order valence-corrected chi connectivity index (χ2v) is 9.74. The Labute approximate surface area is 216 Å². The molecule has 4 amide bonds. The second-order valence-electron chi connectivity index (χ2n) is 9.74. The van der Waals surface area contributed by atoms with Crippen LogP contribution in [0.15, 0.2) is 83.1 Å². The fourth-order valence-electron chi connectivity index (χ4n) is 5.14. The summed E-state index contributed by atoms with van der Waals surface area (Å²) in [6.45, 7) is 3.87. The molecule has 0 saturated carbocycles. The van der Waals surface area contributed by atoms with Gasteiger partial charge in [-0.05, 0) is 73.9 Å². The van der Waals surface area contributed by atoms with Crippen molar-refractivity contribution in [2.24, 2.45) is 0 Å². The van der Waals surface area contributed by atoms with Crippen molar-refractivity contribution in [2.45, 2.75) is 51.6 Å². The number of carbonyl (C=O) groups is 3. The average molecular weight is 498 g/mol. The predicted octanol–water partition coefficient (Wildman–Crippen LogP) is 5.18. The summed E-state index contributed by atoms with van der Waals surface area (Å²) in [7, 11) is 0. The molecule has 1 aliphatic heterocycles. The van der Waals surface area contributed by atoms with Crippen molar-refractivity contribution < 1.29 is 18.8 Å². The van der Waals surface area contributed by atoms with Crippen molar-refractivity contribution in [2.75, 3.05) is 6.54 Å². The number of hydrogen-bond donors (Lipinski definition) is 1. The molecule has 1 saturated heterocycles. The zero-order valence-corrected chi connectivity index (χ0v) is 21.2. The van der Waals surface area contributed by atoms with E-state index in [1.807, 2.05) is 68.4 Å². The van der Waals surface area contributed by atoms with Crippen LogP contribution in [0, 0.1) is 13.8 Å². The van der Waals surface area contributed by atoms with Gasteiger partial charge in [-0.25, -0.2) is 4.79 Å². The van der Waals surface area contributed by atoms with Crippen LogP contribution >= 0.6 is 0 Å². The molecule has 0 spiro atoms. The van der Waals surface area contributed by atoms with Crippen molar-refractivity contribution in [1.82, 2.24) is 15.1 Å². The summed E-state index contributed by atoms with van der Waals surface area (Å²) in [5.41, 5.74) is 2.91. The molecule has 2 aliphatic rings. The van der Waals surface area contributed by atoms with Crippen LogP contribution in [0.3, 0.4) is 0 Å². The molecule has 0 radical (unpaired) electrons. The number of hydrogen-bond acceptors (Lipinski definition) is 4. The van der Waals surface area contributed by atoms with Gasteiger partial charge in [0.1, 0.15) is 12.3 Å². The number of aryl methyl sites for hydroxylation is 2. The molecule has 37 heavy (non-hydrogen) atoms. The summed E-state index contributed by atoms with van der Waals surface area (Å²) < 4.78 is 5.51. The molecule has 5 rings (SSSR count). The van der Waals surface area contributed by atoms with Gasteiger partial charge in [0, 0.05) is 5.70 Å². The summed E-state index contributed by atoms with van der Waals surface area (Å²) in [4.78, 5) is 43.8. The minimum Gasteiger partial charge on any atom is -0.467 e. The first-order chi connectivity index (χ1) is 17.9. The number of rotatable bonds is 7. The Kier molecular flexibility index (Phi) is 6.70. The molecular weight excluding hydrogens is 466 g/mol. The first-order valence-corrected chi connectivity index (χ1v) is 12.7. The van der Waals surface area contributed by atoms with Crippen molar-refractivity contribution in [3.05, 3.63) is 107 Å². The monoisotopic (exact) mass is 497 g/mol. The van der Waals surface area contributed by atoms with Crippen LogP contribution in [0.1, 0.15) is 53.7 Å². The Hall–Kier alpha value is -4.13. The van der Waals surface area contributed by atoms with E-state index in [2.05, 4.69) is 11.4 Å². The van der Waals surface area contributed by atoms with Gasteiger partial charge in [-0.1, -0.05) is 54.6 Å². The maximum absolute atomic E-state index is 14.1. The molecule has 2 heterocycles.